The van der Waals surface area contributed by atoms with Crippen molar-refractivity contribution in [1.82, 2.24) is 0 Å². The lowest BCUT2D eigenvalue weighted by atomic mass is 9.84. The van der Waals surface area contributed by atoms with Crippen molar-refractivity contribution in [2.75, 3.05) is 6.61 Å². The highest BCUT2D eigenvalue weighted by atomic mass is 19.1. The Hall–Kier alpha value is -1.87. The predicted molar refractivity (Wildman–Crippen MR) is 82.1 cm³/mol. The maximum atomic E-state index is 13.2. The average molecular weight is 285 g/mol. The van der Waals surface area contributed by atoms with Crippen molar-refractivity contribution >= 4 is 0 Å². The lowest BCUT2D eigenvalue weighted by Crippen LogP contribution is -2.19. The molecule has 0 spiro atoms. The van der Waals surface area contributed by atoms with Gasteiger partial charge in [-0.05, 0) is 47.9 Å². The Kier molecular flexibility index (Phi) is 3.25. The van der Waals surface area contributed by atoms with Gasteiger partial charge in [0.05, 0.1) is 12.6 Å². The normalized spacial score (nSPS) is 17.2. The van der Waals surface area contributed by atoms with Crippen LogP contribution in [0.1, 0.15) is 42.1 Å². The summed E-state index contributed by atoms with van der Waals surface area (Å²) >= 11 is 0. The highest BCUT2D eigenvalue weighted by Gasteiger charge is 2.32. The fraction of sp³-hybridized carbons (Fsp3) is 0.333. The van der Waals surface area contributed by atoms with E-state index in [-0.39, 0.29) is 17.3 Å². The Morgan fingerprint density at radius 3 is 2.67 bits per heavy atom. The second-order valence-electron chi connectivity index (χ2n) is 6.41. The van der Waals surface area contributed by atoms with Gasteiger partial charge in [-0.3, -0.25) is 0 Å². The average Bonchev–Trinajstić information content (AvgIpc) is 2.74. The number of nitrogens with two attached hydrogens (primary N) is 1. The number of rotatable bonds is 2. The van der Waals surface area contributed by atoms with Crippen molar-refractivity contribution in [1.29, 1.82) is 0 Å². The highest BCUT2D eigenvalue weighted by Crippen LogP contribution is 2.40. The zero-order valence-corrected chi connectivity index (χ0v) is 12.6. The molecule has 0 radical (unpaired) electrons. The maximum absolute atomic E-state index is 13.2. The number of aryl methyl sites for hydroxylation is 1. The van der Waals surface area contributed by atoms with E-state index in [0.717, 1.165) is 22.4 Å². The third kappa shape index (κ3) is 2.42. The van der Waals surface area contributed by atoms with Gasteiger partial charge in [0.25, 0.3) is 0 Å². The molecule has 21 heavy (non-hydrogen) atoms. The van der Waals surface area contributed by atoms with Crippen LogP contribution in [0.4, 0.5) is 4.39 Å². The summed E-state index contributed by atoms with van der Waals surface area (Å²) < 4.78 is 18.9. The summed E-state index contributed by atoms with van der Waals surface area (Å²) in [5, 5.41) is 0. The number of ether oxygens (including phenoxy) is 1. The first kappa shape index (κ1) is 14.1. The van der Waals surface area contributed by atoms with Crippen molar-refractivity contribution in [3.05, 3.63) is 64.5 Å². The van der Waals surface area contributed by atoms with E-state index < -0.39 is 0 Å². The molecule has 3 rings (SSSR count). The van der Waals surface area contributed by atoms with E-state index >= 15 is 0 Å². The van der Waals surface area contributed by atoms with Gasteiger partial charge >= 0.3 is 0 Å². The quantitative estimate of drug-likeness (QED) is 0.909. The number of hydrogen-bond acceptors (Lipinski definition) is 2. The van der Waals surface area contributed by atoms with Gasteiger partial charge in [-0.25, -0.2) is 4.39 Å². The minimum atomic E-state index is -0.257. The van der Waals surface area contributed by atoms with Crippen LogP contribution < -0.4 is 10.5 Å². The SMILES string of the molecule is Cc1cc(F)ccc1C(N)c1ccc2c(c1)C(C)(C)CO2. The summed E-state index contributed by atoms with van der Waals surface area (Å²) in [6.45, 7) is 6.91. The van der Waals surface area contributed by atoms with E-state index in [2.05, 4.69) is 19.9 Å². The fourth-order valence-corrected chi connectivity index (χ4v) is 2.90. The fourth-order valence-electron chi connectivity index (χ4n) is 2.90. The Morgan fingerprint density at radius 2 is 1.95 bits per heavy atom. The van der Waals surface area contributed by atoms with Gasteiger partial charge in [0.1, 0.15) is 11.6 Å². The van der Waals surface area contributed by atoms with E-state index in [1.54, 1.807) is 6.07 Å². The molecule has 0 aromatic heterocycles. The van der Waals surface area contributed by atoms with Crippen LogP contribution in [-0.2, 0) is 5.41 Å². The molecule has 0 amide bonds. The third-order valence-corrected chi connectivity index (χ3v) is 4.25. The molecule has 2 nitrogen and oxygen atoms in total. The monoisotopic (exact) mass is 285 g/mol. The summed E-state index contributed by atoms with van der Waals surface area (Å²) in [5.41, 5.74) is 10.4. The predicted octanol–water partition coefficient (Wildman–Crippen LogP) is 3.85. The molecule has 1 aliphatic heterocycles. The number of fused-ring (bicyclic) bond motifs is 1. The minimum absolute atomic E-state index is 0.00288. The van der Waals surface area contributed by atoms with Gasteiger partial charge in [-0.1, -0.05) is 26.0 Å². The zero-order valence-electron chi connectivity index (χ0n) is 12.6. The molecule has 2 aromatic carbocycles. The molecule has 1 heterocycles. The van der Waals surface area contributed by atoms with Crippen molar-refractivity contribution in [2.24, 2.45) is 5.73 Å². The van der Waals surface area contributed by atoms with Gasteiger partial charge in [-0.15, -0.1) is 0 Å². The van der Waals surface area contributed by atoms with Crippen molar-refractivity contribution in [2.45, 2.75) is 32.2 Å². The topological polar surface area (TPSA) is 35.2 Å². The molecule has 0 saturated carbocycles. The van der Waals surface area contributed by atoms with Gasteiger partial charge < -0.3 is 10.5 Å². The van der Waals surface area contributed by atoms with Gasteiger partial charge in [0.2, 0.25) is 0 Å². The van der Waals surface area contributed by atoms with Crippen LogP contribution in [0.5, 0.6) is 5.75 Å². The molecule has 0 saturated heterocycles. The summed E-state index contributed by atoms with van der Waals surface area (Å²) in [4.78, 5) is 0. The summed E-state index contributed by atoms with van der Waals surface area (Å²) in [6, 6.07) is 10.6. The van der Waals surface area contributed by atoms with Crippen molar-refractivity contribution in [3.8, 4) is 5.75 Å². The van der Waals surface area contributed by atoms with Gasteiger partial charge in [-0.2, -0.15) is 0 Å². The van der Waals surface area contributed by atoms with Gasteiger partial charge in [0, 0.05) is 11.0 Å². The van der Waals surface area contributed by atoms with E-state index in [1.165, 1.54) is 17.7 Å². The zero-order chi connectivity index (χ0) is 15.2. The summed E-state index contributed by atoms with van der Waals surface area (Å²) in [7, 11) is 0. The Balaban J connectivity index is 2.01. The molecule has 1 atom stereocenters. The van der Waals surface area contributed by atoms with Crippen LogP contribution in [0.3, 0.4) is 0 Å². The molecule has 2 N–H and O–H groups in total. The molecule has 3 heteroatoms. The van der Waals surface area contributed by atoms with E-state index in [0.29, 0.717) is 6.61 Å². The van der Waals surface area contributed by atoms with Crippen LogP contribution in [0.2, 0.25) is 0 Å². The van der Waals surface area contributed by atoms with Crippen LogP contribution in [0.15, 0.2) is 36.4 Å². The molecule has 0 bridgehead atoms. The van der Waals surface area contributed by atoms with Crippen LogP contribution in [0, 0.1) is 12.7 Å². The molecule has 110 valence electrons. The molecule has 2 aromatic rings. The lowest BCUT2D eigenvalue weighted by Gasteiger charge is -2.19. The van der Waals surface area contributed by atoms with E-state index in [9.17, 15) is 4.39 Å². The second-order valence-corrected chi connectivity index (χ2v) is 6.41. The first-order chi connectivity index (χ1) is 9.88. The van der Waals surface area contributed by atoms with Crippen molar-refractivity contribution < 1.29 is 9.13 Å². The molecule has 1 unspecified atom stereocenters. The molecule has 0 aliphatic carbocycles. The standard InChI is InChI=1S/C18H20FNO/c1-11-8-13(19)5-6-14(11)17(20)12-4-7-16-15(9-12)18(2,3)10-21-16/h4-9,17H,10,20H2,1-3H3. The van der Waals surface area contributed by atoms with Gasteiger partial charge in [0.15, 0.2) is 0 Å². The minimum Gasteiger partial charge on any atom is -0.492 e. The third-order valence-electron chi connectivity index (χ3n) is 4.25. The Bertz CT molecular complexity index is 694. The molecular weight excluding hydrogens is 265 g/mol. The molecule has 1 aliphatic rings. The number of hydrogen-bond donors (Lipinski definition) is 1. The maximum Gasteiger partial charge on any atom is 0.123 e. The number of benzene rings is 2. The molecule has 0 fully saturated rings. The van der Waals surface area contributed by atoms with E-state index in [1.807, 2.05) is 19.1 Å². The Morgan fingerprint density at radius 1 is 1.19 bits per heavy atom. The Labute approximate surface area is 124 Å². The molecular formula is C18H20FNO. The van der Waals surface area contributed by atoms with Crippen molar-refractivity contribution in [3.63, 3.8) is 0 Å². The second kappa shape index (κ2) is 4.85. The largest absolute Gasteiger partial charge is 0.492 e. The van der Waals surface area contributed by atoms with E-state index in [4.69, 9.17) is 10.5 Å². The summed E-state index contributed by atoms with van der Waals surface area (Å²) in [5.74, 6) is 0.707. The van der Waals surface area contributed by atoms with Crippen LogP contribution in [-0.4, -0.2) is 6.61 Å². The highest BCUT2D eigenvalue weighted by molar-refractivity contribution is 5.48. The van der Waals surface area contributed by atoms with Crippen LogP contribution in [0.25, 0.3) is 0 Å². The summed E-state index contributed by atoms with van der Waals surface area (Å²) in [6.07, 6.45) is 0. The lowest BCUT2D eigenvalue weighted by molar-refractivity contribution is 0.291. The van der Waals surface area contributed by atoms with Crippen LogP contribution >= 0.6 is 0 Å². The smallest absolute Gasteiger partial charge is 0.123 e. The number of halogens is 1. The first-order valence-electron chi connectivity index (χ1n) is 7.17. The first-order valence-corrected chi connectivity index (χ1v) is 7.17.